The number of rotatable bonds is 2. The van der Waals surface area contributed by atoms with Crippen molar-refractivity contribution in [3.8, 4) is 0 Å². The molecule has 1 atom stereocenters. The molecule has 162 valence electrons. The number of aryl methyl sites for hydroxylation is 1. The predicted octanol–water partition coefficient (Wildman–Crippen LogP) is 6.18. The minimum absolute atomic E-state index is 0.00667. The molecule has 2 aromatic carbocycles. The maximum Gasteiger partial charge on any atom is 0.416 e. The molecule has 2 aliphatic rings. The Morgan fingerprint density at radius 2 is 1.71 bits per heavy atom. The van der Waals surface area contributed by atoms with E-state index in [-0.39, 0.29) is 35.5 Å². The average Bonchev–Trinajstić information content (AvgIpc) is 2.65. The van der Waals surface area contributed by atoms with Crippen LogP contribution in [0.5, 0.6) is 0 Å². The Hall–Kier alpha value is -2.89. The summed E-state index contributed by atoms with van der Waals surface area (Å²) in [6.45, 7) is 5.80. The van der Waals surface area contributed by atoms with Gasteiger partial charge in [0, 0.05) is 35.7 Å². The second-order valence-corrected chi connectivity index (χ2v) is 9.21. The van der Waals surface area contributed by atoms with Crippen molar-refractivity contribution in [1.82, 2.24) is 0 Å². The standard InChI is InChI=1S/C25H24F3NO2/c1-15-7-6-8-16(11-15)29-20-13-24(2,3)14-21(30)23(20)18(12-22(29)31)17-9-4-5-10-19(17)25(26,27)28/h4-11,18H,12-14H2,1-3H3. The van der Waals surface area contributed by atoms with Crippen LogP contribution >= 0.6 is 0 Å². The highest BCUT2D eigenvalue weighted by molar-refractivity contribution is 6.07. The van der Waals surface area contributed by atoms with E-state index in [2.05, 4.69) is 0 Å². The molecule has 0 radical (unpaired) electrons. The fraction of sp³-hybridized carbons (Fsp3) is 0.360. The lowest BCUT2D eigenvalue weighted by atomic mass is 9.68. The van der Waals surface area contributed by atoms with Crippen LogP contribution in [-0.2, 0) is 15.8 Å². The molecule has 1 heterocycles. The Balaban J connectivity index is 1.94. The number of Topliss-reactive ketones (excluding diaryl/α,β-unsaturated/α-hetero) is 1. The molecule has 0 saturated heterocycles. The number of anilines is 1. The summed E-state index contributed by atoms with van der Waals surface area (Å²) < 4.78 is 41.2. The number of benzene rings is 2. The lowest BCUT2D eigenvalue weighted by Gasteiger charge is -2.43. The summed E-state index contributed by atoms with van der Waals surface area (Å²) in [4.78, 5) is 28.1. The van der Waals surface area contributed by atoms with E-state index in [1.807, 2.05) is 39.0 Å². The van der Waals surface area contributed by atoms with Crippen molar-refractivity contribution in [3.05, 3.63) is 76.5 Å². The molecule has 4 rings (SSSR count). The highest BCUT2D eigenvalue weighted by Gasteiger charge is 2.46. The number of hydrogen-bond acceptors (Lipinski definition) is 2. The topological polar surface area (TPSA) is 37.4 Å². The summed E-state index contributed by atoms with van der Waals surface area (Å²) in [6, 6.07) is 12.7. The van der Waals surface area contributed by atoms with Crippen molar-refractivity contribution in [3.63, 3.8) is 0 Å². The molecular formula is C25H24F3NO2. The van der Waals surface area contributed by atoms with Gasteiger partial charge in [-0.05, 0) is 48.1 Å². The van der Waals surface area contributed by atoms with Gasteiger partial charge in [-0.25, -0.2) is 0 Å². The summed E-state index contributed by atoms with van der Waals surface area (Å²) in [5.41, 5.74) is 1.30. The van der Waals surface area contributed by atoms with Gasteiger partial charge in [-0.3, -0.25) is 14.5 Å². The second-order valence-electron chi connectivity index (χ2n) is 9.21. The van der Waals surface area contributed by atoms with Crippen LogP contribution in [-0.4, -0.2) is 11.7 Å². The molecule has 0 N–H and O–H groups in total. The fourth-order valence-electron chi connectivity index (χ4n) is 4.81. The van der Waals surface area contributed by atoms with Crippen molar-refractivity contribution >= 4 is 17.4 Å². The highest BCUT2D eigenvalue weighted by Crippen LogP contribution is 2.49. The van der Waals surface area contributed by atoms with Crippen molar-refractivity contribution < 1.29 is 22.8 Å². The first-order valence-electron chi connectivity index (χ1n) is 10.3. The number of ketones is 1. The molecule has 0 saturated carbocycles. The van der Waals surface area contributed by atoms with Gasteiger partial charge in [-0.1, -0.05) is 44.2 Å². The van der Waals surface area contributed by atoms with Crippen molar-refractivity contribution in [2.45, 2.75) is 52.1 Å². The van der Waals surface area contributed by atoms with Gasteiger partial charge in [0.1, 0.15) is 0 Å². The zero-order valence-electron chi connectivity index (χ0n) is 17.7. The first-order chi connectivity index (χ1) is 14.5. The monoisotopic (exact) mass is 427 g/mol. The number of halogens is 3. The van der Waals surface area contributed by atoms with Crippen molar-refractivity contribution in [2.75, 3.05) is 4.90 Å². The van der Waals surface area contributed by atoms with E-state index in [1.54, 1.807) is 11.0 Å². The molecule has 2 aromatic rings. The van der Waals surface area contributed by atoms with Gasteiger partial charge in [0.25, 0.3) is 0 Å². The number of alkyl halides is 3. The minimum atomic E-state index is -4.56. The van der Waals surface area contributed by atoms with E-state index in [0.29, 0.717) is 23.4 Å². The van der Waals surface area contributed by atoms with Gasteiger partial charge in [0.05, 0.1) is 5.56 Å². The number of nitrogens with zero attached hydrogens (tertiary/aromatic N) is 1. The van der Waals surface area contributed by atoms with E-state index >= 15 is 0 Å². The first-order valence-corrected chi connectivity index (χ1v) is 10.3. The van der Waals surface area contributed by atoms with E-state index in [1.165, 1.54) is 18.2 Å². The molecule has 1 aliphatic heterocycles. The summed E-state index contributed by atoms with van der Waals surface area (Å²) in [5.74, 6) is -1.37. The molecule has 1 amide bonds. The minimum Gasteiger partial charge on any atom is -0.294 e. The van der Waals surface area contributed by atoms with Gasteiger partial charge in [0.15, 0.2) is 5.78 Å². The number of hydrogen-bond donors (Lipinski definition) is 0. The second kappa shape index (κ2) is 7.36. The molecule has 0 bridgehead atoms. The van der Waals surface area contributed by atoms with E-state index in [9.17, 15) is 22.8 Å². The molecule has 6 heteroatoms. The molecule has 0 spiro atoms. The van der Waals surface area contributed by atoms with Crippen LogP contribution in [0.25, 0.3) is 0 Å². The molecule has 3 nitrogen and oxygen atoms in total. The average molecular weight is 427 g/mol. The first kappa shape index (κ1) is 21.3. The third-order valence-electron chi connectivity index (χ3n) is 6.04. The Labute approximate surface area is 179 Å². The van der Waals surface area contributed by atoms with Gasteiger partial charge >= 0.3 is 6.18 Å². The van der Waals surface area contributed by atoms with E-state index in [0.717, 1.165) is 11.6 Å². The van der Waals surface area contributed by atoms with Crippen LogP contribution in [0.15, 0.2) is 59.8 Å². The van der Waals surface area contributed by atoms with Crippen LogP contribution in [0.2, 0.25) is 0 Å². The summed E-state index contributed by atoms with van der Waals surface area (Å²) >= 11 is 0. The Morgan fingerprint density at radius 3 is 2.39 bits per heavy atom. The number of carbonyl (C=O) groups excluding carboxylic acids is 2. The zero-order chi connectivity index (χ0) is 22.6. The van der Waals surface area contributed by atoms with E-state index < -0.39 is 17.7 Å². The molecule has 0 aromatic heterocycles. The van der Waals surface area contributed by atoms with Gasteiger partial charge in [0.2, 0.25) is 5.91 Å². The van der Waals surface area contributed by atoms with Crippen molar-refractivity contribution in [2.24, 2.45) is 5.41 Å². The predicted molar refractivity (Wildman–Crippen MR) is 113 cm³/mol. The maximum absolute atomic E-state index is 13.7. The third kappa shape index (κ3) is 3.91. The van der Waals surface area contributed by atoms with Gasteiger partial charge < -0.3 is 0 Å². The summed E-state index contributed by atoms with van der Waals surface area (Å²) in [5, 5.41) is 0. The highest BCUT2D eigenvalue weighted by atomic mass is 19.4. The number of allylic oxidation sites excluding steroid dienone is 2. The SMILES string of the molecule is Cc1cccc(N2C(=O)CC(c3ccccc3C(F)(F)F)C3=C2CC(C)(C)CC3=O)c1. The van der Waals surface area contributed by atoms with Crippen LogP contribution in [0.3, 0.4) is 0 Å². The van der Waals surface area contributed by atoms with Gasteiger partial charge in [-0.15, -0.1) is 0 Å². The molecule has 0 fully saturated rings. The number of amides is 1. The zero-order valence-corrected chi connectivity index (χ0v) is 17.7. The summed E-state index contributed by atoms with van der Waals surface area (Å²) in [6.07, 6.45) is -4.05. The lowest BCUT2D eigenvalue weighted by molar-refractivity contribution is -0.138. The van der Waals surface area contributed by atoms with Crippen LogP contribution in [0, 0.1) is 12.3 Å². The Bertz CT molecular complexity index is 1100. The molecule has 1 unspecified atom stereocenters. The number of carbonyl (C=O) groups is 2. The molecule has 1 aliphatic carbocycles. The summed E-state index contributed by atoms with van der Waals surface area (Å²) in [7, 11) is 0. The molecular weight excluding hydrogens is 403 g/mol. The lowest BCUT2D eigenvalue weighted by Crippen LogP contribution is -2.44. The largest absolute Gasteiger partial charge is 0.416 e. The van der Waals surface area contributed by atoms with Crippen LogP contribution in [0.1, 0.15) is 55.7 Å². The fourth-order valence-corrected chi connectivity index (χ4v) is 4.81. The maximum atomic E-state index is 13.7. The molecule has 31 heavy (non-hydrogen) atoms. The smallest absolute Gasteiger partial charge is 0.294 e. The normalized spacial score (nSPS) is 21.4. The quantitative estimate of drug-likeness (QED) is 0.574. The van der Waals surface area contributed by atoms with E-state index in [4.69, 9.17) is 0 Å². The Morgan fingerprint density at radius 1 is 1.00 bits per heavy atom. The van der Waals surface area contributed by atoms with Crippen molar-refractivity contribution in [1.29, 1.82) is 0 Å². The van der Waals surface area contributed by atoms with Crippen LogP contribution < -0.4 is 4.90 Å². The third-order valence-corrected chi connectivity index (χ3v) is 6.04. The van der Waals surface area contributed by atoms with Crippen LogP contribution in [0.4, 0.5) is 18.9 Å². The Kier molecular flexibility index (Phi) is 5.07. The van der Waals surface area contributed by atoms with Gasteiger partial charge in [-0.2, -0.15) is 13.2 Å².